The van der Waals surface area contributed by atoms with Crippen LogP contribution in [0.2, 0.25) is 0 Å². The number of hydrazone groups is 2. The van der Waals surface area contributed by atoms with E-state index < -0.39 is 10.1 Å². The van der Waals surface area contributed by atoms with Gasteiger partial charge in [0.1, 0.15) is 0 Å². The summed E-state index contributed by atoms with van der Waals surface area (Å²) in [4.78, 5) is 20.2. The number of hydrogen-bond acceptors (Lipinski definition) is 10. The van der Waals surface area contributed by atoms with Gasteiger partial charge in [-0.2, -0.15) is 0 Å². The zero-order chi connectivity index (χ0) is 13.1. The fraction of sp³-hybridized carbons (Fsp3) is 0.500. The van der Waals surface area contributed by atoms with Crippen molar-refractivity contribution in [3.8, 4) is 0 Å². The molecule has 14 nitrogen and oxygen atoms in total. The van der Waals surface area contributed by atoms with E-state index in [1.807, 2.05) is 0 Å². The van der Waals surface area contributed by atoms with Crippen LogP contribution in [-0.4, -0.2) is 45.8 Å². The molecule has 0 aromatic carbocycles. The SMILES string of the molecule is O=[N+]([O-])NC1=NN(N2COC(N[N+](=O)[O-])=N2)CO1. The van der Waals surface area contributed by atoms with E-state index in [2.05, 4.69) is 10.2 Å². The molecule has 0 aliphatic carbocycles. The number of rotatable bonds is 3. The molecule has 0 aromatic heterocycles. The lowest BCUT2D eigenvalue weighted by atomic mass is 11.1. The van der Waals surface area contributed by atoms with Crippen molar-refractivity contribution in [1.29, 1.82) is 0 Å². The molecule has 0 bridgehead atoms. The van der Waals surface area contributed by atoms with Gasteiger partial charge in [0.15, 0.2) is 10.1 Å². The molecule has 0 amide bonds. The average molecular weight is 262 g/mol. The Hall–Kier alpha value is -3.06. The van der Waals surface area contributed by atoms with Gasteiger partial charge in [-0.25, -0.2) is 20.2 Å². The molecular formula is C4H6N8O6. The summed E-state index contributed by atoms with van der Waals surface area (Å²) in [6.07, 6.45) is 0. The number of hydrazine groups is 3. The smallest absolute Gasteiger partial charge is 0.370 e. The van der Waals surface area contributed by atoms with Crippen molar-refractivity contribution in [2.24, 2.45) is 10.2 Å². The van der Waals surface area contributed by atoms with E-state index in [9.17, 15) is 20.2 Å². The average Bonchev–Trinajstić information content (AvgIpc) is 2.85. The number of nitrogens with zero attached hydrogens (tertiary/aromatic N) is 6. The Kier molecular flexibility index (Phi) is 2.82. The summed E-state index contributed by atoms with van der Waals surface area (Å²) in [6, 6.07) is -0.656. The van der Waals surface area contributed by atoms with E-state index in [-0.39, 0.29) is 25.5 Å². The van der Waals surface area contributed by atoms with Crippen LogP contribution in [0.25, 0.3) is 0 Å². The summed E-state index contributed by atoms with van der Waals surface area (Å²) in [5.41, 5.74) is 3.41. The second-order valence-electron chi connectivity index (χ2n) is 2.84. The molecule has 0 saturated carbocycles. The van der Waals surface area contributed by atoms with Gasteiger partial charge in [0, 0.05) is 0 Å². The second-order valence-corrected chi connectivity index (χ2v) is 2.84. The quantitative estimate of drug-likeness (QED) is 0.413. The molecule has 2 aliphatic rings. The van der Waals surface area contributed by atoms with Crippen LogP contribution in [0, 0.1) is 20.2 Å². The molecule has 0 aromatic rings. The molecule has 14 heteroatoms. The fourth-order valence-electron chi connectivity index (χ4n) is 1.06. The van der Waals surface area contributed by atoms with Crippen LogP contribution in [0.1, 0.15) is 0 Å². The molecule has 2 N–H and O–H groups in total. The van der Waals surface area contributed by atoms with Crippen molar-refractivity contribution in [3.05, 3.63) is 20.2 Å². The van der Waals surface area contributed by atoms with Gasteiger partial charge >= 0.3 is 12.0 Å². The summed E-state index contributed by atoms with van der Waals surface area (Å²) in [6.45, 7) is -0.288. The highest BCUT2D eigenvalue weighted by Gasteiger charge is 2.29. The minimum Gasteiger partial charge on any atom is -0.435 e. The van der Waals surface area contributed by atoms with Crippen LogP contribution < -0.4 is 10.9 Å². The first-order valence-electron chi connectivity index (χ1n) is 4.34. The Balaban J connectivity index is 1.94. The zero-order valence-electron chi connectivity index (χ0n) is 8.55. The second kappa shape index (κ2) is 4.44. The third-order valence-corrected chi connectivity index (χ3v) is 1.69. The predicted molar refractivity (Wildman–Crippen MR) is 50.7 cm³/mol. The van der Waals surface area contributed by atoms with Crippen LogP contribution in [-0.2, 0) is 9.47 Å². The molecule has 0 spiro atoms. The molecule has 2 rings (SSSR count). The molecule has 2 aliphatic heterocycles. The van der Waals surface area contributed by atoms with Gasteiger partial charge in [0.2, 0.25) is 13.5 Å². The number of hydrogen-bond donors (Lipinski definition) is 2. The largest absolute Gasteiger partial charge is 0.435 e. The normalized spacial score (nSPS) is 17.6. The molecule has 0 radical (unpaired) electrons. The lowest BCUT2D eigenvalue weighted by molar-refractivity contribution is -0.527. The van der Waals surface area contributed by atoms with E-state index in [1.165, 1.54) is 0 Å². The third-order valence-electron chi connectivity index (χ3n) is 1.69. The van der Waals surface area contributed by atoms with E-state index in [1.54, 1.807) is 10.9 Å². The van der Waals surface area contributed by atoms with Gasteiger partial charge in [-0.15, -0.1) is 10.2 Å². The third kappa shape index (κ3) is 2.54. The Morgan fingerprint density at radius 3 is 1.72 bits per heavy atom. The van der Waals surface area contributed by atoms with Crippen LogP contribution in [0.3, 0.4) is 0 Å². The molecule has 0 saturated heterocycles. The van der Waals surface area contributed by atoms with Crippen molar-refractivity contribution in [1.82, 2.24) is 21.1 Å². The van der Waals surface area contributed by atoms with Gasteiger partial charge in [0.25, 0.3) is 0 Å². The summed E-state index contributed by atoms with van der Waals surface area (Å²) in [7, 11) is 0. The lowest BCUT2D eigenvalue weighted by Gasteiger charge is -2.18. The number of nitro groups is 2. The first kappa shape index (κ1) is 11.4. The van der Waals surface area contributed by atoms with Gasteiger partial charge in [0.05, 0.1) is 0 Å². The molecule has 0 atom stereocenters. The highest BCUT2D eigenvalue weighted by atomic mass is 16.7. The van der Waals surface area contributed by atoms with Crippen LogP contribution in [0.5, 0.6) is 0 Å². The Morgan fingerprint density at radius 1 is 1.00 bits per heavy atom. The van der Waals surface area contributed by atoms with Crippen molar-refractivity contribution in [2.45, 2.75) is 0 Å². The van der Waals surface area contributed by atoms with Gasteiger partial charge in [-0.3, -0.25) is 0 Å². The molecule has 18 heavy (non-hydrogen) atoms. The lowest BCUT2D eigenvalue weighted by Crippen LogP contribution is -2.32. The van der Waals surface area contributed by atoms with E-state index in [0.29, 0.717) is 0 Å². The highest BCUT2D eigenvalue weighted by molar-refractivity contribution is 5.73. The van der Waals surface area contributed by atoms with E-state index in [0.717, 1.165) is 10.2 Å². The van der Waals surface area contributed by atoms with Gasteiger partial charge in [-0.1, -0.05) is 21.1 Å². The Morgan fingerprint density at radius 2 is 1.39 bits per heavy atom. The maximum absolute atomic E-state index is 10.1. The van der Waals surface area contributed by atoms with E-state index >= 15 is 0 Å². The number of amidine groups is 2. The maximum atomic E-state index is 10.1. The summed E-state index contributed by atoms with van der Waals surface area (Å²) in [5, 5.41) is 28.0. The predicted octanol–water partition coefficient (Wildman–Crippen LogP) is -2.41. The fourth-order valence-corrected chi connectivity index (χ4v) is 1.06. The molecule has 0 unspecified atom stereocenters. The summed E-state index contributed by atoms with van der Waals surface area (Å²) in [5.74, 6) is 0. The molecule has 0 fully saturated rings. The molecular weight excluding hydrogens is 256 g/mol. The summed E-state index contributed by atoms with van der Waals surface area (Å²) < 4.78 is 9.62. The molecule has 2 heterocycles. The Labute approximate surface area is 97.6 Å². The minimum absolute atomic E-state index is 0.144. The monoisotopic (exact) mass is 262 g/mol. The van der Waals surface area contributed by atoms with Gasteiger partial charge < -0.3 is 9.47 Å². The van der Waals surface area contributed by atoms with Gasteiger partial charge in [-0.05, 0) is 0 Å². The zero-order valence-corrected chi connectivity index (χ0v) is 8.55. The number of ether oxygens (including phenoxy) is 2. The van der Waals surface area contributed by atoms with Crippen LogP contribution in [0.4, 0.5) is 0 Å². The van der Waals surface area contributed by atoms with Crippen molar-refractivity contribution < 1.29 is 19.5 Å². The summed E-state index contributed by atoms with van der Waals surface area (Å²) >= 11 is 0. The van der Waals surface area contributed by atoms with Crippen LogP contribution in [0.15, 0.2) is 10.2 Å². The van der Waals surface area contributed by atoms with Crippen molar-refractivity contribution in [2.75, 3.05) is 13.5 Å². The van der Waals surface area contributed by atoms with Crippen LogP contribution >= 0.6 is 0 Å². The molecule has 98 valence electrons. The van der Waals surface area contributed by atoms with Crippen molar-refractivity contribution >= 4 is 12.0 Å². The standard InChI is InChI=1S/C4H6N8O6/c13-11(14)7-3-5-9(1-17-3)10-2-18-4(6-10)8-12(15)16/h1-2H2,(H,5,7)(H,6,8). The Bertz CT molecular complexity index is 393. The first-order chi connectivity index (χ1) is 8.54. The van der Waals surface area contributed by atoms with E-state index in [4.69, 9.17) is 9.47 Å². The first-order valence-corrected chi connectivity index (χ1v) is 4.34. The number of nitrogens with one attached hydrogen (secondary N) is 2. The maximum Gasteiger partial charge on any atom is 0.370 e. The van der Waals surface area contributed by atoms with Crippen molar-refractivity contribution in [3.63, 3.8) is 0 Å². The minimum atomic E-state index is -0.841. The highest BCUT2D eigenvalue weighted by Crippen LogP contribution is 2.11. The topological polar surface area (TPSA) is 160 Å².